The molecule has 0 aliphatic carbocycles. The highest BCUT2D eigenvalue weighted by molar-refractivity contribution is 7.99. The highest BCUT2D eigenvalue weighted by Crippen LogP contribution is 2.29. The molecule has 2 aromatic heterocycles. The highest BCUT2D eigenvalue weighted by Gasteiger charge is 2.19. The second kappa shape index (κ2) is 8.36. The highest BCUT2D eigenvalue weighted by atomic mass is 32.2. The summed E-state index contributed by atoms with van der Waals surface area (Å²) in [5, 5.41) is 9.22. The van der Waals surface area contributed by atoms with Crippen molar-refractivity contribution in [3.8, 4) is 17.1 Å². The van der Waals surface area contributed by atoms with E-state index in [2.05, 4.69) is 15.2 Å². The molecule has 0 radical (unpaired) electrons. The average Bonchev–Trinajstić information content (AvgIpc) is 3.17. The maximum atomic E-state index is 13.9. The quantitative estimate of drug-likeness (QED) is 0.343. The van der Waals surface area contributed by atoms with E-state index in [1.54, 1.807) is 24.5 Å². The van der Waals surface area contributed by atoms with Gasteiger partial charge in [-0.1, -0.05) is 42.1 Å². The summed E-state index contributed by atoms with van der Waals surface area (Å²) in [4.78, 5) is 16.6. The summed E-state index contributed by atoms with van der Waals surface area (Å²) in [6.07, 6.45) is 3.39. The van der Waals surface area contributed by atoms with Crippen molar-refractivity contribution in [3.63, 3.8) is 0 Å². The predicted octanol–water partition coefficient (Wildman–Crippen LogP) is 4.75. The van der Waals surface area contributed by atoms with Crippen molar-refractivity contribution in [2.45, 2.75) is 12.1 Å². The Morgan fingerprint density at radius 3 is 2.48 bits per heavy atom. The van der Waals surface area contributed by atoms with Gasteiger partial charge in [-0.3, -0.25) is 14.3 Å². The van der Waals surface area contributed by atoms with Crippen molar-refractivity contribution in [1.82, 2.24) is 19.7 Å². The van der Waals surface area contributed by atoms with Gasteiger partial charge in [0.05, 0.1) is 17.0 Å². The SMILES string of the molecule is Cc1ccccc1-n1c(SCC(=O)c2ccccc2F)nnc1-c1ccncc1. The number of Topliss-reactive ketones (excluding diaryl/α,β-unsaturated/α-hetero) is 1. The minimum atomic E-state index is -0.518. The maximum Gasteiger partial charge on any atom is 0.196 e. The number of halogens is 1. The first kappa shape index (κ1) is 19.0. The number of hydrogen-bond acceptors (Lipinski definition) is 5. The standard InChI is InChI=1S/C22H17FN4OS/c1-15-6-2-5-9-19(15)27-21(16-10-12-24-13-11-16)25-26-22(27)29-14-20(28)17-7-3-4-8-18(17)23/h2-13H,14H2,1H3. The van der Waals surface area contributed by atoms with Crippen LogP contribution in [0.15, 0.2) is 78.2 Å². The summed E-state index contributed by atoms with van der Waals surface area (Å²) in [6.45, 7) is 2.00. The van der Waals surface area contributed by atoms with Crippen molar-refractivity contribution in [3.05, 3.63) is 90.0 Å². The number of ketones is 1. The average molecular weight is 404 g/mol. The van der Waals surface area contributed by atoms with E-state index in [-0.39, 0.29) is 17.1 Å². The first-order chi connectivity index (χ1) is 14.1. The molecule has 0 saturated heterocycles. The van der Waals surface area contributed by atoms with Crippen LogP contribution in [0.1, 0.15) is 15.9 Å². The fourth-order valence-electron chi connectivity index (χ4n) is 2.98. The molecule has 0 bridgehead atoms. The van der Waals surface area contributed by atoms with Crippen LogP contribution >= 0.6 is 11.8 Å². The van der Waals surface area contributed by atoms with Gasteiger partial charge in [-0.15, -0.1) is 10.2 Å². The van der Waals surface area contributed by atoms with E-state index in [9.17, 15) is 9.18 Å². The van der Waals surface area contributed by atoms with E-state index in [0.29, 0.717) is 11.0 Å². The molecule has 29 heavy (non-hydrogen) atoms. The Morgan fingerprint density at radius 2 is 1.72 bits per heavy atom. The monoisotopic (exact) mass is 404 g/mol. The molecule has 0 fully saturated rings. The number of pyridine rings is 1. The molecule has 0 aliphatic heterocycles. The minimum absolute atomic E-state index is 0.0568. The number of carbonyl (C=O) groups excluding carboxylic acids is 1. The maximum absolute atomic E-state index is 13.9. The number of para-hydroxylation sites is 1. The smallest absolute Gasteiger partial charge is 0.196 e. The molecule has 0 N–H and O–H groups in total. The molecule has 2 heterocycles. The molecule has 4 rings (SSSR count). The number of carbonyl (C=O) groups is 1. The van der Waals surface area contributed by atoms with E-state index in [1.165, 1.54) is 23.9 Å². The van der Waals surface area contributed by atoms with Gasteiger partial charge in [-0.05, 0) is 42.8 Å². The van der Waals surface area contributed by atoms with Crippen molar-refractivity contribution < 1.29 is 9.18 Å². The zero-order valence-electron chi connectivity index (χ0n) is 15.6. The van der Waals surface area contributed by atoms with Gasteiger partial charge in [0.2, 0.25) is 0 Å². The van der Waals surface area contributed by atoms with Crippen molar-refractivity contribution in [1.29, 1.82) is 0 Å². The molecule has 7 heteroatoms. The first-order valence-electron chi connectivity index (χ1n) is 8.97. The summed E-state index contributed by atoms with van der Waals surface area (Å²) in [5.74, 6) is -0.0993. The third-order valence-corrected chi connectivity index (χ3v) is 5.36. The molecule has 5 nitrogen and oxygen atoms in total. The fraction of sp³-hybridized carbons (Fsp3) is 0.0909. The zero-order valence-corrected chi connectivity index (χ0v) is 16.4. The number of benzene rings is 2. The van der Waals surface area contributed by atoms with Crippen molar-refractivity contribution in [2.24, 2.45) is 0 Å². The second-order valence-electron chi connectivity index (χ2n) is 6.36. The van der Waals surface area contributed by atoms with E-state index < -0.39 is 5.82 Å². The Balaban J connectivity index is 1.71. The van der Waals surface area contributed by atoms with Gasteiger partial charge in [0, 0.05) is 18.0 Å². The van der Waals surface area contributed by atoms with Gasteiger partial charge >= 0.3 is 0 Å². The minimum Gasteiger partial charge on any atom is -0.293 e. The van der Waals surface area contributed by atoms with Crippen LogP contribution in [0.4, 0.5) is 4.39 Å². The Hall–Kier alpha value is -3.32. The van der Waals surface area contributed by atoms with Gasteiger partial charge in [0.15, 0.2) is 16.8 Å². The molecule has 0 atom stereocenters. The Kier molecular flexibility index (Phi) is 5.48. The topological polar surface area (TPSA) is 60.7 Å². The fourth-order valence-corrected chi connectivity index (χ4v) is 3.81. The lowest BCUT2D eigenvalue weighted by molar-refractivity contribution is 0.101. The molecule has 0 amide bonds. The third-order valence-electron chi connectivity index (χ3n) is 4.43. The van der Waals surface area contributed by atoms with Gasteiger partial charge < -0.3 is 0 Å². The summed E-state index contributed by atoms with van der Waals surface area (Å²) in [5.41, 5.74) is 2.91. The molecular weight excluding hydrogens is 387 g/mol. The van der Waals surface area contributed by atoms with E-state index in [4.69, 9.17) is 0 Å². The van der Waals surface area contributed by atoms with Crippen LogP contribution in [0.25, 0.3) is 17.1 Å². The van der Waals surface area contributed by atoms with Gasteiger partial charge in [0.1, 0.15) is 5.82 Å². The number of aryl methyl sites for hydroxylation is 1. The Morgan fingerprint density at radius 1 is 1.00 bits per heavy atom. The second-order valence-corrected chi connectivity index (χ2v) is 7.30. The van der Waals surface area contributed by atoms with Crippen molar-refractivity contribution in [2.75, 3.05) is 5.75 Å². The van der Waals surface area contributed by atoms with Crippen LogP contribution in [0, 0.1) is 12.7 Å². The molecule has 0 saturated carbocycles. The lowest BCUT2D eigenvalue weighted by Gasteiger charge is -2.12. The number of hydrogen-bond donors (Lipinski definition) is 0. The zero-order chi connectivity index (χ0) is 20.2. The van der Waals surface area contributed by atoms with Crippen LogP contribution in [-0.2, 0) is 0 Å². The first-order valence-corrected chi connectivity index (χ1v) is 9.96. The molecule has 0 aliphatic rings. The molecule has 144 valence electrons. The van der Waals surface area contributed by atoms with Gasteiger partial charge in [0.25, 0.3) is 0 Å². The summed E-state index contributed by atoms with van der Waals surface area (Å²) in [6, 6.07) is 17.6. The van der Waals surface area contributed by atoms with Crippen LogP contribution in [-0.4, -0.2) is 31.3 Å². The third kappa shape index (κ3) is 3.95. The molecule has 0 spiro atoms. The van der Waals surface area contributed by atoms with Gasteiger partial charge in [-0.25, -0.2) is 4.39 Å². The lowest BCUT2D eigenvalue weighted by atomic mass is 10.1. The number of rotatable bonds is 6. The predicted molar refractivity (Wildman–Crippen MR) is 111 cm³/mol. The number of thioether (sulfide) groups is 1. The number of aromatic nitrogens is 4. The molecule has 2 aromatic carbocycles. The summed E-state index contributed by atoms with van der Waals surface area (Å²) >= 11 is 1.24. The van der Waals surface area contributed by atoms with Crippen molar-refractivity contribution >= 4 is 17.5 Å². The molecular formula is C22H17FN4OS. The lowest BCUT2D eigenvalue weighted by Crippen LogP contribution is -2.07. The Labute approximate surface area is 171 Å². The van der Waals surface area contributed by atoms with Crippen LogP contribution < -0.4 is 0 Å². The largest absolute Gasteiger partial charge is 0.293 e. The normalized spacial score (nSPS) is 10.8. The van der Waals surface area contributed by atoms with E-state index in [1.807, 2.05) is 47.9 Å². The van der Waals surface area contributed by atoms with E-state index in [0.717, 1.165) is 16.8 Å². The van der Waals surface area contributed by atoms with Crippen LogP contribution in [0.2, 0.25) is 0 Å². The van der Waals surface area contributed by atoms with Gasteiger partial charge in [-0.2, -0.15) is 0 Å². The number of nitrogens with zero attached hydrogens (tertiary/aromatic N) is 4. The summed E-state index contributed by atoms with van der Waals surface area (Å²) in [7, 11) is 0. The Bertz CT molecular complexity index is 1160. The molecule has 4 aromatic rings. The van der Waals surface area contributed by atoms with Crippen LogP contribution in [0.3, 0.4) is 0 Å². The van der Waals surface area contributed by atoms with Crippen LogP contribution in [0.5, 0.6) is 0 Å². The molecule has 0 unspecified atom stereocenters. The summed E-state index contributed by atoms with van der Waals surface area (Å²) < 4.78 is 15.8. The van der Waals surface area contributed by atoms with E-state index >= 15 is 0 Å².